The van der Waals surface area contributed by atoms with Crippen LogP contribution in [0.1, 0.15) is 46.0 Å². The Morgan fingerprint density at radius 2 is 1.65 bits per heavy atom. The molecule has 20 heavy (non-hydrogen) atoms. The number of nitrogens with zero attached hydrogens (tertiary/aromatic N) is 1. The van der Waals surface area contributed by atoms with Gasteiger partial charge in [-0.15, -0.1) is 0 Å². The van der Waals surface area contributed by atoms with Crippen LogP contribution >= 0.6 is 0 Å². The predicted molar refractivity (Wildman–Crippen MR) is 81.6 cm³/mol. The highest BCUT2D eigenvalue weighted by atomic mass is 19.1. The van der Waals surface area contributed by atoms with Crippen LogP contribution in [0.25, 0.3) is 0 Å². The van der Waals surface area contributed by atoms with Crippen molar-refractivity contribution in [3.8, 4) is 0 Å². The molecule has 1 saturated heterocycles. The highest BCUT2D eigenvalue weighted by Crippen LogP contribution is 2.35. The normalized spacial score (nSPS) is 24.9. The Kier molecular flexibility index (Phi) is 3.49. The average Bonchev–Trinajstić information content (AvgIpc) is 2.38. The molecule has 0 amide bonds. The SMILES string of the molecule is CC1(C)CN(c2ccc(F)cc2)CC2(CCCCC2)N1. The molecule has 1 aliphatic carbocycles. The number of benzene rings is 1. The van der Waals surface area contributed by atoms with Gasteiger partial charge in [0.2, 0.25) is 0 Å². The zero-order valence-corrected chi connectivity index (χ0v) is 12.6. The van der Waals surface area contributed by atoms with Crippen molar-refractivity contribution in [1.82, 2.24) is 5.32 Å². The lowest BCUT2D eigenvalue weighted by Crippen LogP contribution is -2.69. The summed E-state index contributed by atoms with van der Waals surface area (Å²) in [6.45, 7) is 6.57. The fourth-order valence-corrected chi connectivity index (χ4v) is 4.04. The molecular formula is C17H25FN2. The molecule has 0 radical (unpaired) electrons. The first-order valence-corrected chi connectivity index (χ1v) is 7.78. The minimum Gasteiger partial charge on any atom is -0.368 e. The lowest BCUT2D eigenvalue weighted by atomic mass is 9.77. The molecule has 0 aromatic heterocycles. The number of halogens is 1. The summed E-state index contributed by atoms with van der Waals surface area (Å²) in [7, 11) is 0. The van der Waals surface area contributed by atoms with Gasteiger partial charge in [0, 0.05) is 29.9 Å². The summed E-state index contributed by atoms with van der Waals surface area (Å²) in [6, 6.07) is 6.95. The molecule has 1 spiro atoms. The number of anilines is 1. The van der Waals surface area contributed by atoms with E-state index in [1.807, 2.05) is 12.1 Å². The molecule has 1 aromatic rings. The number of nitrogens with one attached hydrogen (secondary N) is 1. The van der Waals surface area contributed by atoms with E-state index in [2.05, 4.69) is 24.1 Å². The van der Waals surface area contributed by atoms with Gasteiger partial charge in [-0.1, -0.05) is 19.3 Å². The maximum atomic E-state index is 13.1. The van der Waals surface area contributed by atoms with Gasteiger partial charge in [0.15, 0.2) is 0 Å². The fourth-order valence-electron chi connectivity index (χ4n) is 4.04. The lowest BCUT2D eigenvalue weighted by Gasteiger charge is -2.53. The van der Waals surface area contributed by atoms with E-state index in [0.29, 0.717) is 0 Å². The highest BCUT2D eigenvalue weighted by molar-refractivity contribution is 5.48. The summed E-state index contributed by atoms with van der Waals surface area (Å²) in [5.41, 5.74) is 1.49. The highest BCUT2D eigenvalue weighted by Gasteiger charge is 2.43. The van der Waals surface area contributed by atoms with Gasteiger partial charge in [0.1, 0.15) is 5.82 Å². The van der Waals surface area contributed by atoms with E-state index in [-0.39, 0.29) is 16.9 Å². The molecule has 1 saturated carbocycles. The average molecular weight is 276 g/mol. The van der Waals surface area contributed by atoms with Gasteiger partial charge in [-0.3, -0.25) is 0 Å². The van der Waals surface area contributed by atoms with Gasteiger partial charge in [0.05, 0.1) is 0 Å². The molecule has 1 N–H and O–H groups in total. The van der Waals surface area contributed by atoms with Crippen LogP contribution in [-0.2, 0) is 0 Å². The quantitative estimate of drug-likeness (QED) is 0.841. The van der Waals surface area contributed by atoms with E-state index < -0.39 is 0 Å². The number of hydrogen-bond donors (Lipinski definition) is 1. The summed E-state index contributed by atoms with van der Waals surface area (Å²) in [4.78, 5) is 2.43. The Hall–Kier alpha value is -1.09. The topological polar surface area (TPSA) is 15.3 Å². The van der Waals surface area contributed by atoms with Crippen molar-refractivity contribution in [1.29, 1.82) is 0 Å². The molecule has 3 heteroatoms. The van der Waals surface area contributed by atoms with Gasteiger partial charge in [-0.05, 0) is 51.0 Å². The first kappa shape index (κ1) is 13.9. The van der Waals surface area contributed by atoms with Crippen molar-refractivity contribution in [2.75, 3.05) is 18.0 Å². The standard InChI is InChI=1S/C17H25FN2/c1-16(2)12-20(15-8-6-14(18)7-9-15)13-17(19-16)10-4-3-5-11-17/h6-9,19H,3-5,10-13H2,1-2H3. The minimum absolute atomic E-state index is 0.101. The van der Waals surface area contributed by atoms with Crippen molar-refractivity contribution in [3.63, 3.8) is 0 Å². The third-order valence-corrected chi connectivity index (χ3v) is 4.69. The molecular weight excluding hydrogens is 251 g/mol. The Labute approximate surface area is 121 Å². The smallest absolute Gasteiger partial charge is 0.123 e. The second-order valence-electron chi connectivity index (χ2n) is 7.18. The van der Waals surface area contributed by atoms with Gasteiger partial charge in [-0.2, -0.15) is 0 Å². The van der Waals surface area contributed by atoms with Crippen molar-refractivity contribution in [2.24, 2.45) is 0 Å². The van der Waals surface area contributed by atoms with E-state index >= 15 is 0 Å². The molecule has 1 aliphatic heterocycles. The maximum Gasteiger partial charge on any atom is 0.123 e. The van der Waals surface area contributed by atoms with Gasteiger partial charge in [-0.25, -0.2) is 4.39 Å². The molecule has 1 aromatic carbocycles. The summed E-state index contributed by atoms with van der Waals surface area (Å²) in [6.07, 6.45) is 6.52. The second kappa shape index (κ2) is 5.03. The van der Waals surface area contributed by atoms with Gasteiger partial charge >= 0.3 is 0 Å². The van der Waals surface area contributed by atoms with Crippen LogP contribution in [0, 0.1) is 5.82 Å². The zero-order chi connectivity index (χ0) is 14.2. The zero-order valence-electron chi connectivity index (χ0n) is 12.6. The maximum absolute atomic E-state index is 13.1. The van der Waals surface area contributed by atoms with E-state index in [1.54, 1.807) is 12.1 Å². The summed E-state index contributed by atoms with van der Waals surface area (Å²) >= 11 is 0. The van der Waals surface area contributed by atoms with E-state index in [4.69, 9.17) is 0 Å². The van der Waals surface area contributed by atoms with Crippen LogP contribution in [0.5, 0.6) is 0 Å². The van der Waals surface area contributed by atoms with Crippen LogP contribution < -0.4 is 10.2 Å². The molecule has 0 atom stereocenters. The van der Waals surface area contributed by atoms with Crippen molar-refractivity contribution >= 4 is 5.69 Å². The molecule has 3 rings (SSSR count). The largest absolute Gasteiger partial charge is 0.368 e. The van der Waals surface area contributed by atoms with Crippen molar-refractivity contribution < 1.29 is 4.39 Å². The van der Waals surface area contributed by atoms with Gasteiger partial charge in [0.25, 0.3) is 0 Å². The number of rotatable bonds is 1. The van der Waals surface area contributed by atoms with Gasteiger partial charge < -0.3 is 10.2 Å². The Balaban J connectivity index is 1.85. The third kappa shape index (κ3) is 2.83. The summed E-state index contributed by atoms with van der Waals surface area (Å²) in [5.74, 6) is -0.157. The summed E-state index contributed by atoms with van der Waals surface area (Å²) in [5, 5.41) is 3.90. The Morgan fingerprint density at radius 1 is 1.00 bits per heavy atom. The molecule has 2 fully saturated rings. The molecule has 0 bridgehead atoms. The minimum atomic E-state index is -0.157. The predicted octanol–water partition coefficient (Wildman–Crippen LogP) is 3.72. The van der Waals surface area contributed by atoms with Crippen LogP contribution in [0.4, 0.5) is 10.1 Å². The Bertz CT molecular complexity index is 460. The van der Waals surface area contributed by atoms with Crippen LogP contribution in [0.3, 0.4) is 0 Å². The number of piperazine rings is 1. The van der Waals surface area contributed by atoms with Crippen LogP contribution in [0.2, 0.25) is 0 Å². The molecule has 1 heterocycles. The van der Waals surface area contributed by atoms with E-state index in [1.165, 1.54) is 32.1 Å². The molecule has 2 aliphatic rings. The monoisotopic (exact) mass is 276 g/mol. The van der Waals surface area contributed by atoms with Crippen molar-refractivity contribution in [3.05, 3.63) is 30.1 Å². The summed E-state index contributed by atoms with van der Waals surface area (Å²) < 4.78 is 13.1. The first-order chi connectivity index (χ1) is 9.48. The molecule has 2 nitrogen and oxygen atoms in total. The van der Waals surface area contributed by atoms with E-state index in [9.17, 15) is 4.39 Å². The van der Waals surface area contributed by atoms with Crippen molar-refractivity contribution in [2.45, 2.75) is 57.0 Å². The fraction of sp³-hybridized carbons (Fsp3) is 0.647. The van der Waals surface area contributed by atoms with Crippen LogP contribution in [-0.4, -0.2) is 24.2 Å². The second-order valence-corrected chi connectivity index (χ2v) is 7.18. The lowest BCUT2D eigenvalue weighted by molar-refractivity contribution is 0.146. The molecule has 110 valence electrons. The van der Waals surface area contributed by atoms with Crippen LogP contribution in [0.15, 0.2) is 24.3 Å². The Morgan fingerprint density at radius 3 is 2.30 bits per heavy atom. The molecule has 0 unspecified atom stereocenters. The van der Waals surface area contributed by atoms with E-state index in [0.717, 1.165) is 18.8 Å². The number of hydrogen-bond acceptors (Lipinski definition) is 2. The third-order valence-electron chi connectivity index (χ3n) is 4.69. The first-order valence-electron chi connectivity index (χ1n) is 7.78.